The minimum absolute atomic E-state index is 0.0627. The summed E-state index contributed by atoms with van der Waals surface area (Å²) in [5, 5.41) is 0. The summed E-state index contributed by atoms with van der Waals surface area (Å²) >= 11 is 0. The van der Waals surface area contributed by atoms with Crippen molar-refractivity contribution >= 4 is 5.78 Å². The van der Waals surface area contributed by atoms with E-state index in [0.29, 0.717) is 5.56 Å². The van der Waals surface area contributed by atoms with Gasteiger partial charge in [-0.1, -0.05) is 12.1 Å². The maximum absolute atomic E-state index is 11.6. The van der Waals surface area contributed by atoms with Crippen molar-refractivity contribution in [2.24, 2.45) is 0 Å². The molecule has 110 valence electrons. The van der Waals surface area contributed by atoms with Gasteiger partial charge < -0.3 is 4.74 Å². The van der Waals surface area contributed by atoms with Crippen molar-refractivity contribution in [3.63, 3.8) is 0 Å². The number of ether oxygens (including phenoxy) is 1. The summed E-state index contributed by atoms with van der Waals surface area (Å²) in [6, 6.07) is 7.53. The molecule has 0 N–H and O–H groups in total. The average molecular weight is 275 g/mol. The lowest BCUT2D eigenvalue weighted by Gasteiger charge is -2.40. The van der Waals surface area contributed by atoms with Crippen molar-refractivity contribution in [2.45, 2.75) is 52.2 Å². The van der Waals surface area contributed by atoms with Gasteiger partial charge in [-0.15, -0.1) is 0 Å². The summed E-state index contributed by atoms with van der Waals surface area (Å²) in [6.07, 6.45) is 2.25. The molecule has 0 atom stereocenters. The maximum atomic E-state index is 11.6. The molecule has 1 aliphatic rings. The summed E-state index contributed by atoms with van der Waals surface area (Å²) < 4.78 is 6.06. The van der Waals surface area contributed by atoms with Crippen LogP contribution in [0.3, 0.4) is 0 Å². The highest BCUT2D eigenvalue weighted by atomic mass is 16.5. The van der Waals surface area contributed by atoms with E-state index >= 15 is 0 Å². The first kappa shape index (κ1) is 15.0. The molecule has 0 unspecified atom stereocenters. The highest BCUT2D eigenvalue weighted by molar-refractivity contribution is 5.96. The van der Waals surface area contributed by atoms with Gasteiger partial charge in [0.2, 0.25) is 0 Å². The van der Waals surface area contributed by atoms with Crippen LogP contribution < -0.4 is 4.74 Å². The zero-order valence-electron chi connectivity index (χ0n) is 13.0. The van der Waals surface area contributed by atoms with Crippen LogP contribution in [0.5, 0.6) is 5.75 Å². The molecule has 0 aromatic heterocycles. The number of carbonyl (C=O) groups is 1. The number of nitrogens with zero attached hydrogens (tertiary/aromatic N) is 1. The Labute approximate surface area is 121 Å². The fourth-order valence-corrected chi connectivity index (χ4v) is 2.68. The molecule has 0 saturated carbocycles. The van der Waals surface area contributed by atoms with Crippen molar-refractivity contribution in [3.8, 4) is 5.75 Å². The average Bonchev–Trinajstić information content (AvgIpc) is 2.38. The number of Topliss-reactive ketones (excluding diaryl/α,β-unsaturated/α-hetero) is 1. The van der Waals surface area contributed by atoms with Crippen LogP contribution in [0, 0.1) is 0 Å². The van der Waals surface area contributed by atoms with Crippen LogP contribution >= 0.6 is 0 Å². The number of rotatable bonds is 3. The summed E-state index contributed by atoms with van der Waals surface area (Å²) in [5.41, 5.74) is 0.910. The van der Waals surface area contributed by atoms with E-state index in [-0.39, 0.29) is 17.4 Å². The topological polar surface area (TPSA) is 29.5 Å². The van der Waals surface area contributed by atoms with E-state index in [0.717, 1.165) is 31.7 Å². The van der Waals surface area contributed by atoms with Gasteiger partial charge in [0.05, 0.1) is 5.56 Å². The third-order valence-corrected chi connectivity index (χ3v) is 3.95. The Kier molecular flexibility index (Phi) is 4.48. The number of carbonyl (C=O) groups excluding carboxylic acids is 1. The van der Waals surface area contributed by atoms with Crippen LogP contribution in [0.1, 0.15) is 50.9 Å². The number of likely N-dealkylation sites (tertiary alicyclic amines) is 1. The Morgan fingerprint density at radius 3 is 2.35 bits per heavy atom. The molecule has 1 heterocycles. The molecule has 0 bridgehead atoms. The lowest BCUT2D eigenvalue weighted by Crippen LogP contribution is -2.48. The van der Waals surface area contributed by atoms with E-state index in [9.17, 15) is 4.79 Å². The second kappa shape index (κ2) is 5.96. The van der Waals surface area contributed by atoms with E-state index in [2.05, 4.69) is 25.7 Å². The van der Waals surface area contributed by atoms with Crippen LogP contribution in [0.15, 0.2) is 24.3 Å². The van der Waals surface area contributed by atoms with E-state index in [1.165, 1.54) is 0 Å². The molecule has 2 rings (SSSR count). The van der Waals surface area contributed by atoms with Crippen molar-refractivity contribution in [2.75, 3.05) is 13.1 Å². The summed E-state index contributed by atoms with van der Waals surface area (Å²) in [7, 11) is 0. The second-order valence-corrected chi connectivity index (χ2v) is 6.53. The highest BCUT2D eigenvalue weighted by Crippen LogP contribution is 2.25. The Balaban J connectivity index is 1.98. The number of hydrogen-bond donors (Lipinski definition) is 0. The molecule has 0 spiro atoms. The van der Waals surface area contributed by atoms with Crippen molar-refractivity contribution in [1.82, 2.24) is 4.90 Å². The second-order valence-electron chi connectivity index (χ2n) is 6.53. The molecule has 1 aliphatic heterocycles. The van der Waals surface area contributed by atoms with Crippen molar-refractivity contribution in [3.05, 3.63) is 29.8 Å². The summed E-state index contributed by atoms with van der Waals surface area (Å²) in [6.45, 7) is 10.4. The van der Waals surface area contributed by atoms with Crippen molar-refractivity contribution in [1.29, 1.82) is 0 Å². The van der Waals surface area contributed by atoms with Gasteiger partial charge in [-0.25, -0.2) is 0 Å². The van der Waals surface area contributed by atoms with Crippen LogP contribution in [0.2, 0.25) is 0 Å². The first-order chi connectivity index (χ1) is 9.38. The van der Waals surface area contributed by atoms with Gasteiger partial charge in [-0.2, -0.15) is 0 Å². The van der Waals surface area contributed by atoms with Crippen LogP contribution in [-0.4, -0.2) is 35.4 Å². The molecule has 20 heavy (non-hydrogen) atoms. The Bertz CT molecular complexity index is 468. The Morgan fingerprint density at radius 1 is 1.20 bits per heavy atom. The molecule has 1 aromatic rings. The maximum Gasteiger partial charge on any atom is 0.163 e. The van der Waals surface area contributed by atoms with E-state index in [4.69, 9.17) is 4.74 Å². The van der Waals surface area contributed by atoms with Gasteiger partial charge in [0.25, 0.3) is 0 Å². The van der Waals surface area contributed by atoms with Gasteiger partial charge in [0, 0.05) is 18.6 Å². The number of ketones is 1. The van der Waals surface area contributed by atoms with Gasteiger partial charge in [0.1, 0.15) is 11.9 Å². The molecule has 0 amide bonds. The number of benzene rings is 1. The van der Waals surface area contributed by atoms with Crippen LogP contribution in [0.25, 0.3) is 0 Å². The van der Waals surface area contributed by atoms with E-state index < -0.39 is 0 Å². The molecule has 3 heteroatoms. The zero-order valence-corrected chi connectivity index (χ0v) is 13.0. The Morgan fingerprint density at radius 2 is 1.80 bits per heavy atom. The molecule has 3 nitrogen and oxygen atoms in total. The van der Waals surface area contributed by atoms with Crippen molar-refractivity contribution < 1.29 is 9.53 Å². The fourth-order valence-electron chi connectivity index (χ4n) is 2.68. The van der Waals surface area contributed by atoms with Crippen LogP contribution in [-0.2, 0) is 0 Å². The number of piperidine rings is 1. The first-order valence-corrected chi connectivity index (χ1v) is 7.39. The molecule has 1 fully saturated rings. The predicted molar refractivity (Wildman–Crippen MR) is 81.4 cm³/mol. The van der Waals surface area contributed by atoms with Gasteiger partial charge in [-0.05, 0) is 52.7 Å². The Hall–Kier alpha value is -1.35. The molecule has 0 radical (unpaired) electrons. The third kappa shape index (κ3) is 3.60. The summed E-state index contributed by atoms with van der Waals surface area (Å²) in [5.74, 6) is 0.793. The number of hydrogen-bond acceptors (Lipinski definition) is 3. The van der Waals surface area contributed by atoms with E-state index in [1.807, 2.05) is 24.3 Å². The molecular weight excluding hydrogens is 250 g/mol. The standard InChI is InChI=1S/C17H25NO2/c1-13(19)15-7-5-6-8-16(15)20-14-9-11-18(12-10-14)17(2,3)4/h5-8,14H,9-12H2,1-4H3. The molecule has 0 aliphatic carbocycles. The molecule has 1 aromatic carbocycles. The van der Waals surface area contributed by atoms with Crippen LogP contribution in [0.4, 0.5) is 0 Å². The first-order valence-electron chi connectivity index (χ1n) is 7.39. The highest BCUT2D eigenvalue weighted by Gasteiger charge is 2.28. The van der Waals surface area contributed by atoms with Gasteiger partial charge in [0.15, 0.2) is 5.78 Å². The minimum Gasteiger partial charge on any atom is -0.490 e. The largest absolute Gasteiger partial charge is 0.490 e. The monoisotopic (exact) mass is 275 g/mol. The normalized spacial score (nSPS) is 18.0. The SMILES string of the molecule is CC(=O)c1ccccc1OC1CCN(C(C)(C)C)CC1. The summed E-state index contributed by atoms with van der Waals surface area (Å²) in [4.78, 5) is 14.1. The zero-order chi connectivity index (χ0) is 14.8. The molecule has 1 saturated heterocycles. The lowest BCUT2D eigenvalue weighted by atomic mass is 9.99. The predicted octanol–water partition coefficient (Wildman–Crippen LogP) is 3.53. The quantitative estimate of drug-likeness (QED) is 0.790. The smallest absolute Gasteiger partial charge is 0.163 e. The number of para-hydroxylation sites is 1. The minimum atomic E-state index is 0.0627. The molecular formula is C17H25NO2. The lowest BCUT2D eigenvalue weighted by molar-refractivity contribution is 0.0487. The third-order valence-electron chi connectivity index (χ3n) is 3.95. The van der Waals surface area contributed by atoms with Gasteiger partial charge >= 0.3 is 0 Å². The van der Waals surface area contributed by atoms with E-state index in [1.54, 1.807) is 6.92 Å². The fraction of sp³-hybridized carbons (Fsp3) is 0.588. The van der Waals surface area contributed by atoms with Gasteiger partial charge in [-0.3, -0.25) is 9.69 Å².